The van der Waals surface area contributed by atoms with Gasteiger partial charge in [-0.25, -0.2) is 4.39 Å². The molecular formula is C31H39FN2O4. The molecule has 0 unspecified atom stereocenters. The number of nitrogens with one attached hydrogen (secondary N) is 2. The molecule has 1 heterocycles. The zero-order valence-electron chi connectivity index (χ0n) is 22.1. The van der Waals surface area contributed by atoms with Gasteiger partial charge in [0.2, 0.25) is 11.8 Å². The van der Waals surface area contributed by atoms with Crippen molar-refractivity contribution in [1.29, 1.82) is 0 Å². The highest BCUT2D eigenvalue weighted by atomic mass is 19.1. The average molecular weight is 523 g/mol. The minimum atomic E-state index is -0.650. The van der Waals surface area contributed by atoms with Crippen molar-refractivity contribution in [3.05, 3.63) is 65.5 Å². The third-order valence-corrected chi connectivity index (χ3v) is 7.62. The number of ketones is 1. The molecule has 0 saturated heterocycles. The number of hydrogen-bond acceptors (Lipinski definition) is 4. The van der Waals surface area contributed by atoms with Gasteiger partial charge in [-0.05, 0) is 86.8 Å². The second-order valence-corrected chi connectivity index (χ2v) is 10.6. The Morgan fingerprint density at radius 1 is 0.974 bits per heavy atom. The molecule has 1 aliphatic carbocycles. The van der Waals surface area contributed by atoms with Gasteiger partial charge < -0.3 is 15.4 Å². The second kappa shape index (κ2) is 14.1. The molecule has 1 aliphatic heterocycles. The molecule has 6 nitrogen and oxygen atoms in total. The lowest BCUT2D eigenvalue weighted by Crippen LogP contribution is -2.50. The Labute approximate surface area is 224 Å². The third kappa shape index (κ3) is 8.67. The van der Waals surface area contributed by atoms with E-state index in [0.717, 1.165) is 55.4 Å². The largest absolute Gasteiger partial charge is 0.494 e. The summed E-state index contributed by atoms with van der Waals surface area (Å²) in [6, 6.07) is 13.5. The molecule has 204 valence electrons. The molecule has 1 saturated carbocycles. The van der Waals surface area contributed by atoms with Crippen LogP contribution in [-0.4, -0.2) is 36.3 Å². The first-order valence-corrected chi connectivity index (χ1v) is 14.0. The number of amides is 2. The normalized spacial score (nSPS) is 21.9. The van der Waals surface area contributed by atoms with Crippen molar-refractivity contribution in [2.24, 2.45) is 5.92 Å². The van der Waals surface area contributed by atoms with E-state index in [-0.39, 0.29) is 35.9 Å². The summed E-state index contributed by atoms with van der Waals surface area (Å²) in [7, 11) is 0. The number of aryl methyl sites for hydroxylation is 2. The monoisotopic (exact) mass is 522 g/mol. The molecule has 1 fully saturated rings. The number of ether oxygens (including phenoxy) is 1. The van der Waals surface area contributed by atoms with Gasteiger partial charge in [0.05, 0.1) is 6.61 Å². The van der Waals surface area contributed by atoms with E-state index in [2.05, 4.69) is 10.6 Å². The van der Waals surface area contributed by atoms with E-state index in [1.165, 1.54) is 12.1 Å². The summed E-state index contributed by atoms with van der Waals surface area (Å²) in [5, 5.41) is 6.12. The van der Waals surface area contributed by atoms with Gasteiger partial charge in [-0.15, -0.1) is 0 Å². The number of carbonyl (C=O) groups is 3. The molecule has 2 atom stereocenters. The number of carbonyl (C=O) groups excluding carboxylic acids is 3. The SMILES string of the molecule is O=C1CCc2cccc(c2)OCCCC[C@@H](C(=O)NC2CCCC2)NC(=O)[C@H](CCc2ccc(F)cc2)C1. The zero-order chi connectivity index (χ0) is 26.7. The van der Waals surface area contributed by atoms with E-state index < -0.39 is 12.0 Å². The summed E-state index contributed by atoms with van der Waals surface area (Å²) < 4.78 is 19.3. The second-order valence-electron chi connectivity index (χ2n) is 10.6. The number of halogens is 1. The van der Waals surface area contributed by atoms with Crippen LogP contribution < -0.4 is 15.4 Å². The van der Waals surface area contributed by atoms with E-state index in [0.29, 0.717) is 38.7 Å². The van der Waals surface area contributed by atoms with Crippen LogP contribution in [0.2, 0.25) is 0 Å². The fraction of sp³-hybridized carbons (Fsp3) is 0.516. The zero-order valence-corrected chi connectivity index (χ0v) is 22.1. The van der Waals surface area contributed by atoms with Crippen LogP contribution in [0, 0.1) is 11.7 Å². The lowest BCUT2D eigenvalue weighted by molar-refractivity contribution is -0.133. The van der Waals surface area contributed by atoms with Crippen molar-refractivity contribution >= 4 is 17.6 Å². The van der Waals surface area contributed by atoms with Crippen LogP contribution in [0.15, 0.2) is 48.5 Å². The molecule has 2 aliphatic rings. The Morgan fingerprint density at radius 3 is 2.53 bits per heavy atom. The summed E-state index contributed by atoms with van der Waals surface area (Å²) in [6.07, 6.45) is 8.15. The number of fused-ring (bicyclic) bond motifs is 2. The first-order valence-electron chi connectivity index (χ1n) is 14.0. The van der Waals surface area contributed by atoms with Crippen molar-refractivity contribution < 1.29 is 23.5 Å². The van der Waals surface area contributed by atoms with Crippen molar-refractivity contribution in [3.8, 4) is 5.75 Å². The maximum Gasteiger partial charge on any atom is 0.242 e. The van der Waals surface area contributed by atoms with E-state index in [1.807, 2.05) is 24.3 Å². The van der Waals surface area contributed by atoms with Gasteiger partial charge in [-0.3, -0.25) is 14.4 Å². The van der Waals surface area contributed by atoms with Gasteiger partial charge in [0, 0.05) is 24.8 Å². The maximum atomic E-state index is 13.5. The van der Waals surface area contributed by atoms with Gasteiger partial charge in [0.1, 0.15) is 23.4 Å². The van der Waals surface area contributed by atoms with E-state index in [9.17, 15) is 18.8 Å². The summed E-state index contributed by atoms with van der Waals surface area (Å²) in [5.41, 5.74) is 1.94. The molecule has 2 aromatic rings. The van der Waals surface area contributed by atoms with Crippen LogP contribution in [0.4, 0.5) is 4.39 Å². The average Bonchev–Trinajstić information content (AvgIpc) is 3.42. The molecule has 0 spiro atoms. The highest BCUT2D eigenvalue weighted by molar-refractivity contribution is 5.91. The topological polar surface area (TPSA) is 84.5 Å². The van der Waals surface area contributed by atoms with Crippen LogP contribution in [0.1, 0.15) is 75.3 Å². The maximum absolute atomic E-state index is 13.5. The molecular weight excluding hydrogens is 483 g/mol. The minimum Gasteiger partial charge on any atom is -0.494 e. The Bertz CT molecular complexity index is 1080. The van der Waals surface area contributed by atoms with E-state index >= 15 is 0 Å². The predicted molar refractivity (Wildman–Crippen MR) is 144 cm³/mol. The van der Waals surface area contributed by atoms with Crippen molar-refractivity contribution in [2.75, 3.05) is 6.61 Å². The number of hydrogen-bond donors (Lipinski definition) is 2. The fourth-order valence-electron chi connectivity index (χ4n) is 5.34. The fourth-order valence-corrected chi connectivity index (χ4v) is 5.34. The van der Waals surface area contributed by atoms with Gasteiger partial charge in [-0.2, -0.15) is 0 Å². The Morgan fingerprint density at radius 2 is 1.74 bits per heavy atom. The van der Waals surface area contributed by atoms with E-state index in [1.54, 1.807) is 12.1 Å². The van der Waals surface area contributed by atoms with E-state index in [4.69, 9.17) is 4.74 Å². The molecule has 7 heteroatoms. The number of Topliss-reactive ketones (excluding diaryl/α,β-unsaturated/α-hetero) is 1. The van der Waals surface area contributed by atoms with Gasteiger partial charge >= 0.3 is 0 Å². The predicted octanol–water partition coefficient (Wildman–Crippen LogP) is 5.07. The Kier molecular flexibility index (Phi) is 10.3. The summed E-state index contributed by atoms with van der Waals surface area (Å²) in [4.78, 5) is 39.7. The quantitative estimate of drug-likeness (QED) is 0.574. The highest BCUT2D eigenvalue weighted by Crippen LogP contribution is 2.21. The first-order chi connectivity index (χ1) is 18.5. The minimum absolute atomic E-state index is 0.00892. The summed E-state index contributed by atoms with van der Waals surface area (Å²) in [6.45, 7) is 0.521. The van der Waals surface area contributed by atoms with Crippen molar-refractivity contribution in [2.45, 2.75) is 89.1 Å². The van der Waals surface area contributed by atoms with Crippen molar-refractivity contribution in [3.63, 3.8) is 0 Å². The molecule has 2 aromatic carbocycles. The Hall–Kier alpha value is -3.22. The molecule has 0 radical (unpaired) electrons. The lowest BCUT2D eigenvalue weighted by Gasteiger charge is -2.24. The van der Waals surface area contributed by atoms with Crippen molar-refractivity contribution in [1.82, 2.24) is 10.6 Å². The molecule has 38 heavy (non-hydrogen) atoms. The standard InChI is InChI=1S/C31H39FN2O4/c32-25-16-12-22(13-17-25)11-15-24-21-27(35)18-14-23-6-5-9-28(20-23)38-19-4-3-10-29(34-30(24)36)31(37)33-26-7-1-2-8-26/h5-6,9,12-13,16-17,20,24,26,29H,1-4,7-8,10-11,14-15,18-19,21H2,(H,33,37)(H,34,36)/t24-,29+/m1/s1. The molecule has 2 N–H and O–H groups in total. The molecule has 2 amide bonds. The van der Waals surface area contributed by atoms with Gasteiger partial charge in [0.15, 0.2) is 0 Å². The molecule has 0 aromatic heterocycles. The lowest BCUT2D eigenvalue weighted by atomic mass is 9.91. The number of rotatable bonds is 5. The smallest absolute Gasteiger partial charge is 0.242 e. The third-order valence-electron chi connectivity index (χ3n) is 7.62. The summed E-state index contributed by atoms with van der Waals surface area (Å²) >= 11 is 0. The van der Waals surface area contributed by atoms with Gasteiger partial charge in [0.25, 0.3) is 0 Å². The highest BCUT2D eigenvalue weighted by Gasteiger charge is 2.29. The number of benzene rings is 2. The Balaban J connectivity index is 1.49. The molecule has 2 bridgehead atoms. The van der Waals surface area contributed by atoms with Crippen LogP contribution >= 0.6 is 0 Å². The summed E-state index contributed by atoms with van der Waals surface area (Å²) in [5.74, 6) is -0.493. The van der Waals surface area contributed by atoms with Crippen LogP contribution in [0.5, 0.6) is 5.75 Å². The molecule has 4 rings (SSSR count). The van der Waals surface area contributed by atoms with Crippen LogP contribution in [0.3, 0.4) is 0 Å². The first kappa shape index (κ1) is 27.8. The van der Waals surface area contributed by atoms with Gasteiger partial charge in [-0.1, -0.05) is 37.1 Å². The van der Waals surface area contributed by atoms with Crippen LogP contribution in [-0.2, 0) is 27.2 Å². The van der Waals surface area contributed by atoms with Crippen LogP contribution in [0.25, 0.3) is 0 Å².